The minimum absolute atomic E-state index is 0.251. The number of benzene rings is 2. The number of ether oxygens (including phenoxy) is 3. The third-order valence-corrected chi connectivity index (χ3v) is 4.76. The molecule has 0 aliphatic heterocycles. The van der Waals surface area contributed by atoms with Gasteiger partial charge in [0.1, 0.15) is 0 Å². The van der Waals surface area contributed by atoms with Gasteiger partial charge in [-0.3, -0.25) is 9.89 Å². The van der Waals surface area contributed by atoms with E-state index in [4.69, 9.17) is 14.2 Å². The molecule has 0 unspecified atom stereocenters. The van der Waals surface area contributed by atoms with Gasteiger partial charge in [-0.25, -0.2) is 0 Å². The predicted molar refractivity (Wildman–Crippen MR) is 117 cm³/mol. The minimum Gasteiger partial charge on any atom is -0.493 e. The maximum absolute atomic E-state index is 12.9. The second-order valence-corrected chi connectivity index (χ2v) is 6.89. The summed E-state index contributed by atoms with van der Waals surface area (Å²) in [6.45, 7) is 1.88. The van der Waals surface area contributed by atoms with E-state index in [0.29, 0.717) is 28.6 Å². The molecule has 1 amide bonds. The molecule has 8 heteroatoms. The van der Waals surface area contributed by atoms with Gasteiger partial charge < -0.3 is 24.4 Å². The summed E-state index contributed by atoms with van der Waals surface area (Å²) in [6.07, 6.45) is 0. The van der Waals surface area contributed by atoms with E-state index in [0.717, 1.165) is 22.5 Å². The zero-order chi connectivity index (χ0) is 21.8. The van der Waals surface area contributed by atoms with Crippen molar-refractivity contribution >= 4 is 17.4 Å². The molecule has 0 aliphatic rings. The van der Waals surface area contributed by atoms with Crippen LogP contribution in [0.25, 0.3) is 11.1 Å². The number of anilines is 2. The fourth-order valence-electron chi connectivity index (χ4n) is 3.20. The number of aryl methyl sites for hydroxylation is 1. The summed E-state index contributed by atoms with van der Waals surface area (Å²) in [7, 11) is 8.53. The van der Waals surface area contributed by atoms with Gasteiger partial charge in [0.05, 0.1) is 21.3 Å². The van der Waals surface area contributed by atoms with Gasteiger partial charge in [0.25, 0.3) is 5.91 Å². The number of hydrogen-bond acceptors (Lipinski definition) is 6. The molecule has 2 aromatic carbocycles. The van der Waals surface area contributed by atoms with E-state index in [-0.39, 0.29) is 5.91 Å². The summed E-state index contributed by atoms with van der Waals surface area (Å²) in [5.41, 5.74) is 3.78. The highest BCUT2D eigenvalue weighted by molar-refractivity contribution is 6.06. The Hall–Kier alpha value is -3.68. The molecule has 158 valence electrons. The van der Waals surface area contributed by atoms with Gasteiger partial charge in [-0.15, -0.1) is 0 Å². The van der Waals surface area contributed by atoms with E-state index in [2.05, 4.69) is 15.5 Å². The normalized spacial score (nSPS) is 10.5. The number of amides is 1. The molecule has 30 heavy (non-hydrogen) atoms. The minimum atomic E-state index is -0.251. The zero-order valence-electron chi connectivity index (χ0n) is 18.0. The number of H-pyrrole nitrogens is 1. The second-order valence-electron chi connectivity index (χ2n) is 6.89. The van der Waals surface area contributed by atoms with Crippen molar-refractivity contribution in [1.82, 2.24) is 10.2 Å². The summed E-state index contributed by atoms with van der Waals surface area (Å²) in [5, 5.41) is 10.1. The molecule has 0 saturated carbocycles. The number of nitrogens with one attached hydrogen (secondary N) is 2. The zero-order valence-corrected chi connectivity index (χ0v) is 18.0. The molecule has 1 heterocycles. The lowest BCUT2D eigenvalue weighted by molar-refractivity contribution is 0.102. The third-order valence-electron chi connectivity index (χ3n) is 4.76. The number of carbonyl (C=O) groups excluding carboxylic acids is 1. The first-order valence-electron chi connectivity index (χ1n) is 9.33. The van der Waals surface area contributed by atoms with Crippen LogP contribution in [0.15, 0.2) is 36.4 Å². The molecular weight excluding hydrogens is 384 g/mol. The smallest absolute Gasteiger partial charge is 0.256 e. The Bertz CT molecular complexity index is 1030. The number of methoxy groups -OCH3 is 3. The first kappa shape index (κ1) is 21.0. The molecular formula is C22H26N4O4. The number of aromatic amines is 1. The number of carbonyl (C=O) groups is 1. The van der Waals surface area contributed by atoms with Crippen LogP contribution < -0.4 is 24.4 Å². The summed E-state index contributed by atoms with van der Waals surface area (Å²) in [6, 6.07) is 11.0. The van der Waals surface area contributed by atoms with Crippen LogP contribution in [0.5, 0.6) is 17.2 Å². The first-order valence-corrected chi connectivity index (χ1v) is 9.33. The van der Waals surface area contributed by atoms with E-state index in [1.54, 1.807) is 27.4 Å². The second kappa shape index (κ2) is 8.77. The molecule has 1 aromatic heterocycles. The molecule has 0 atom stereocenters. The van der Waals surface area contributed by atoms with E-state index in [1.807, 2.05) is 56.3 Å². The summed E-state index contributed by atoms with van der Waals surface area (Å²) < 4.78 is 16.3. The molecule has 0 aliphatic carbocycles. The molecule has 8 nitrogen and oxygen atoms in total. The quantitative estimate of drug-likeness (QED) is 0.617. The Morgan fingerprint density at radius 3 is 2.27 bits per heavy atom. The van der Waals surface area contributed by atoms with Crippen LogP contribution >= 0.6 is 0 Å². The highest BCUT2D eigenvalue weighted by Crippen LogP contribution is 2.43. The Labute approximate surface area is 175 Å². The van der Waals surface area contributed by atoms with Crippen LogP contribution in [-0.2, 0) is 0 Å². The number of rotatable bonds is 7. The topological polar surface area (TPSA) is 88.7 Å². The largest absolute Gasteiger partial charge is 0.493 e. The van der Waals surface area contributed by atoms with E-state index in [1.165, 1.54) is 0 Å². The van der Waals surface area contributed by atoms with Gasteiger partial charge >= 0.3 is 0 Å². The highest BCUT2D eigenvalue weighted by Gasteiger charge is 2.20. The van der Waals surface area contributed by atoms with E-state index in [9.17, 15) is 4.79 Å². The van der Waals surface area contributed by atoms with Crippen LogP contribution in [-0.4, -0.2) is 51.5 Å². The van der Waals surface area contributed by atoms with Crippen molar-refractivity contribution in [3.05, 3.63) is 47.7 Å². The van der Waals surface area contributed by atoms with Gasteiger partial charge in [-0.05, 0) is 42.8 Å². The van der Waals surface area contributed by atoms with Crippen LogP contribution in [0, 0.1) is 6.92 Å². The van der Waals surface area contributed by atoms with Gasteiger partial charge in [0, 0.05) is 36.6 Å². The molecule has 0 fully saturated rings. The SMILES string of the molecule is COc1cc(-c2c(NC(=O)c3cccc(N(C)C)c3)n[nH]c2C)cc(OC)c1OC. The van der Waals surface area contributed by atoms with Crippen LogP contribution in [0.3, 0.4) is 0 Å². The molecule has 0 bridgehead atoms. The van der Waals surface area contributed by atoms with Crippen molar-refractivity contribution in [1.29, 1.82) is 0 Å². The van der Waals surface area contributed by atoms with Crippen molar-refractivity contribution in [3.63, 3.8) is 0 Å². The Morgan fingerprint density at radius 2 is 1.70 bits per heavy atom. The lowest BCUT2D eigenvalue weighted by Crippen LogP contribution is -2.15. The van der Waals surface area contributed by atoms with Crippen molar-refractivity contribution in [2.45, 2.75) is 6.92 Å². The maximum Gasteiger partial charge on any atom is 0.256 e. The Morgan fingerprint density at radius 1 is 1.03 bits per heavy atom. The van der Waals surface area contributed by atoms with Gasteiger partial charge in [0.15, 0.2) is 17.3 Å². The monoisotopic (exact) mass is 410 g/mol. The number of hydrogen-bond donors (Lipinski definition) is 2. The lowest BCUT2D eigenvalue weighted by atomic mass is 10.0. The molecule has 2 N–H and O–H groups in total. The van der Waals surface area contributed by atoms with Gasteiger partial charge in [-0.2, -0.15) is 5.10 Å². The summed E-state index contributed by atoms with van der Waals surface area (Å²) >= 11 is 0. The van der Waals surface area contributed by atoms with E-state index >= 15 is 0 Å². The van der Waals surface area contributed by atoms with Crippen LogP contribution in [0.4, 0.5) is 11.5 Å². The Balaban J connectivity index is 2.00. The average molecular weight is 410 g/mol. The predicted octanol–water partition coefficient (Wildman–Crippen LogP) is 3.73. The highest BCUT2D eigenvalue weighted by atomic mass is 16.5. The molecule has 3 aromatic rings. The summed E-state index contributed by atoms with van der Waals surface area (Å²) in [4.78, 5) is 14.8. The molecule has 0 saturated heterocycles. The fraction of sp³-hybridized carbons (Fsp3) is 0.273. The van der Waals surface area contributed by atoms with Crippen molar-refractivity contribution in [2.24, 2.45) is 0 Å². The summed E-state index contributed by atoms with van der Waals surface area (Å²) in [5.74, 6) is 1.70. The fourth-order valence-corrected chi connectivity index (χ4v) is 3.20. The van der Waals surface area contributed by atoms with Crippen molar-refractivity contribution in [2.75, 3.05) is 45.6 Å². The van der Waals surface area contributed by atoms with Gasteiger partial charge in [0.2, 0.25) is 5.75 Å². The van der Waals surface area contributed by atoms with Crippen LogP contribution in [0.1, 0.15) is 16.1 Å². The molecule has 0 radical (unpaired) electrons. The first-order chi connectivity index (χ1) is 14.4. The average Bonchev–Trinajstić information content (AvgIpc) is 3.12. The van der Waals surface area contributed by atoms with E-state index < -0.39 is 0 Å². The van der Waals surface area contributed by atoms with Gasteiger partial charge in [-0.1, -0.05) is 6.07 Å². The Kier molecular flexibility index (Phi) is 6.15. The molecule has 0 spiro atoms. The third kappa shape index (κ3) is 4.03. The van der Waals surface area contributed by atoms with Crippen molar-refractivity contribution in [3.8, 4) is 28.4 Å². The standard InChI is InChI=1S/C22H26N4O4/c1-13-19(15-11-17(28-4)20(30-6)18(12-15)29-5)21(25-24-13)23-22(27)14-8-7-9-16(10-14)26(2)3/h7-12H,1-6H3,(H2,23,24,25,27). The number of aromatic nitrogens is 2. The maximum atomic E-state index is 12.9. The number of nitrogens with zero attached hydrogens (tertiary/aromatic N) is 2. The lowest BCUT2D eigenvalue weighted by Gasteiger charge is -2.15. The van der Waals surface area contributed by atoms with Crippen LogP contribution in [0.2, 0.25) is 0 Å². The molecule has 3 rings (SSSR count). The van der Waals surface area contributed by atoms with Crippen molar-refractivity contribution < 1.29 is 19.0 Å².